The molecule has 2 nitrogen and oxygen atoms in total. The van der Waals surface area contributed by atoms with Crippen LogP contribution in [0.3, 0.4) is 0 Å². The molecule has 0 amide bonds. The van der Waals surface area contributed by atoms with Gasteiger partial charge in [0.15, 0.2) is 6.29 Å². The van der Waals surface area contributed by atoms with E-state index in [2.05, 4.69) is 13.8 Å². The van der Waals surface area contributed by atoms with Crippen molar-refractivity contribution >= 4 is 0 Å². The zero-order valence-corrected chi connectivity index (χ0v) is 12.5. The van der Waals surface area contributed by atoms with Gasteiger partial charge >= 0.3 is 0 Å². The first-order valence-corrected chi connectivity index (χ1v) is 8.10. The van der Waals surface area contributed by atoms with E-state index in [1.807, 2.05) is 0 Å². The molecule has 2 heteroatoms. The van der Waals surface area contributed by atoms with E-state index in [4.69, 9.17) is 9.47 Å². The summed E-state index contributed by atoms with van der Waals surface area (Å²) in [5, 5.41) is 0. The van der Waals surface area contributed by atoms with Gasteiger partial charge in [0.2, 0.25) is 0 Å². The summed E-state index contributed by atoms with van der Waals surface area (Å²) in [5.41, 5.74) is 0. The van der Waals surface area contributed by atoms with Crippen LogP contribution in [0, 0.1) is 0 Å². The van der Waals surface area contributed by atoms with Crippen LogP contribution in [0.15, 0.2) is 0 Å². The summed E-state index contributed by atoms with van der Waals surface area (Å²) in [4.78, 5) is 0. The lowest BCUT2D eigenvalue weighted by Gasteiger charge is -2.28. The van der Waals surface area contributed by atoms with Gasteiger partial charge in [0.25, 0.3) is 0 Å². The highest BCUT2D eigenvalue weighted by atomic mass is 16.7. The van der Waals surface area contributed by atoms with Crippen molar-refractivity contribution in [2.24, 2.45) is 0 Å². The van der Waals surface area contributed by atoms with Crippen molar-refractivity contribution in [3.8, 4) is 0 Å². The van der Waals surface area contributed by atoms with Gasteiger partial charge in [0.1, 0.15) is 0 Å². The normalized spacial score (nSPS) is 24.3. The molecule has 0 aromatic rings. The maximum absolute atomic E-state index is 5.74. The predicted octanol–water partition coefficient (Wildman–Crippen LogP) is 5.06. The summed E-state index contributed by atoms with van der Waals surface area (Å²) in [6.07, 6.45) is 15.0. The van der Waals surface area contributed by atoms with E-state index in [1.165, 1.54) is 57.8 Å². The third-order valence-electron chi connectivity index (χ3n) is 3.76. The molecule has 0 radical (unpaired) electrons. The van der Waals surface area contributed by atoms with Gasteiger partial charge in [-0.15, -0.1) is 0 Å². The molecule has 1 heterocycles. The SMILES string of the molecule is CCCCCCCCCCC[C@@H]1OCC[C@H](C)O1. The van der Waals surface area contributed by atoms with Gasteiger partial charge in [-0.1, -0.05) is 58.3 Å². The van der Waals surface area contributed by atoms with Crippen LogP contribution in [0.25, 0.3) is 0 Å². The van der Waals surface area contributed by atoms with Gasteiger partial charge in [0, 0.05) is 0 Å². The summed E-state index contributed by atoms with van der Waals surface area (Å²) < 4.78 is 11.3. The predicted molar refractivity (Wildman–Crippen MR) is 76.7 cm³/mol. The second-order valence-electron chi connectivity index (χ2n) is 5.65. The van der Waals surface area contributed by atoms with Crippen LogP contribution in [0.4, 0.5) is 0 Å². The Morgan fingerprint density at radius 3 is 2.11 bits per heavy atom. The number of hydrogen-bond donors (Lipinski definition) is 0. The van der Waals surface area contributed by atoms with Gasteiger partial charge in [-0.25, -0.2) is 0 Å². The Bertz CT molecular complexity index is 182. The molecule has 0 aromatic carbocycles. The van der Waals surface area contributed by atoms with Gasteiger partial charge in [-0.2, -0.15) is 0 Å². The van der Waals surface area contributed by atoms with Crippen LogP contribution in [-0.2, 0) is 9.47 Å². The Balaban J connectivity index is 1.80. The van der Waals surface area contributed by atoms with Crippen LogP contribution in [0.2, 0.25) is 0 Å². The highest BCUT2D eigenvalue weighted by Crippen LogP contribution is 2.18. The highest BCUT2D eigenvalue weighted by molar-refractivity contribution is 4.59. The summed E-state index contributed by atoms with van der Waals surface area (Å²) >= 11 is 0. The van der Waals surface area contributed by atoms with Crippen LogP contribution >= 0.6 is 0 Å². The monoisotopic (exact) mass is 256 g/mol. The fourth-order valence-electron chi connectivity index (χ4n) is 2.50. The Labute approximate surface area is 113 Å². The Morgan fingerprint density at radius 2 is 1.50 bits per heavy atom. The fourth-order valence-corrected chi connectivity index (χ4v) is 2.50. The largest absolute Gasteiger partial charge is 0.353 e. The first-order valence-electron chi connectivity index (χ1n) is 8.10. The summed E-state index contributed by atoms with van der Waals surface area (Å²) in [7, 11) is 0. The van der Waals surface area contributed by atoms with Crippen molar-refractivity contribution < 1.29 is 9.47 Å². The average molecular weight is 256 g/mol. The van der Waals surface area contributed by atoms with Gasteiger partial charge in [-0.05, 0) is 26.2 Å². The topological polar surface area (TPSA) is 18.5 Å². The van der Waals surface area contributed by atoms with E-state index >= 15 is 0 Å². The van der Waals surface area contributed by atoms with Gasteiger partial charge in [-0.3, -0.25) is 0 Å². The minimum atomic E-state index is 0.0818. The van der Waals surface area contributed by atoms with Crippen molar-refractivity contribution in [2.45, 2.75) is 96.9 Å². The number of ether oxygens (including phenoxy) is 2. The van der Waals surface area contributed by atoms with Gasteiger partial charge in [0.05, 0.1) is 12.7 Å². The molecule has 0 aliphatic carbocycles. The van der Waals surface area contributed by atoms with E-state index in [0.717, 1.165) is 19.4 Å². The highest BCUT2D eigenvalue weighted by Gasteiger charge is 2.18. The molecule has 1 saturated heterocycles. The molecule has 1 fully saturated rings. The second-order valence-corrected chi connectivity index (χ2v) is 5.65. The smallest absolute Gasteiger partial charge is 0.157 e. The molecule has 108 valence electrons. The third kappa shape index (κ3) is 8.10. The molecular weight excluding hydrogens is 224 g/mol. The number of unbranched alkanes of at least 4 members (excludes halogenated alkanes) is 8. The molecule has 1 rings (SSSR count). The summed E-state index contributed by atoms with van der Waals surface area (Å²) in [6.45, 7) is 5.30. The Hall–Kier alpha value is -0.0800. The molecule has 2 atom stereocenters. The van der Waals surface area contributed by atoms with Crippen molar-refractivity contribution in [3.05, 3.63) is 0 Å². The van der Waals surface area contributed by atoms with Crippen molar-refractivity contribution in [2.75, 3.05) is 6.61 Å². The first-order chi connectivity index (χ1) is 8.83. The van der Waals surface area contributed by atoms with E-state index in [1.54, 1.807) is 0 Å². The minimum absolute atomic E-state index is 0.0818. The molecule has 1 aliphatic rings. The number of rotatable bonds is 10. The summed E-state index contributed by atoms with van der Waals surface area (Å²) in [6, 6.07) is 0. The Morgan fingerprint density at radius 1 is 0.889 bits per heavy atom. The molecule has 0 aromatic heterocycles. The van der Waals surface area contributed by atoms with Crippen LogP contribution in [0.5, 0.6) is 0 Å². The molecule has 0 saturated carbocycles. The third-order valence-corrected chi connectivity index (χ3v) is 3.76. The molecular formula is C16H32O2. The van der Waals surface area contributed by atoms with Crippen molar-refractivity contribution in [3.63, 3.8) is 0 Å². The zero-order valence-electron chi connectivity index (χ0n) is 12.5. The fraction of sp³-hybridized carbons (Fsp3) is 1.00. The molecule has 1 aliphatic heterocycles. The summed E-state index contributed by atoms with van der Waals surface area (Å²) in [5.74, 6) is 0. The molecule has 0 bridgehead atoms. The average Bonchev–Trinajstić information content (AvgIpc) is 2.37. The molecule has 18 heavy (non-hydrogen) atoms. The molecule has 0 unspecified atom stereocenters. The minimum Gasteiger partial charge on any atom is -0.353 e. The standard InChI is InChI=1S/C16H32O2/c1-3-4-5-6-7-8-9-10-11-12-16-17-14-13-15(2)18-16/h15-16H,3-14H2,1-2H3/t15-,16+/m0/s1. The van der Waals surface area contributed by atoms with E-state index in [9.17, 15) is 0 Å². The van der Waals surface area contributed by atoms with Crippen LogP contribution < -0.4 is 0 Å². The van der Waals surface area contributed by atoms with Gasteiger partial charge < -0.3 is 9.47 Å². The van der Waals surface area contributed by atoms with E-state index in [-0.39, 0.29) is 6.29 Å². The maximum Gasteiger partial charge on any atom is 0.157 e. The second kappa shape index (κ2) is 10.8. The lowest BCUT2D eigenvalue weighted by atomic mass is 10.1. The van der Waals surface area contributed by atoms with Crippen molar-refractivity contribution in [1.82, 2.24) is 0 Å². The number of hydrogen-bond acceptors (Lipinski definition) is 2. The Kier molecular flexibility index (Phi) is 9.59. The molecule has 0 spiro atoms. The lowest BCUT2D eigenvalue weighted by molar-refractivity contribution is -0.210. The van der Waals surface area contributed by atoms with E-state index in [0.29, 0.717) is 6.10 Å². The molecule has 0 N–H and O–H groups in total. The van der Waals surface area contributed by atoms with Crippen molar-refractivity contribution in [1.29, 1.82) is 0 Å². The maximum atomic E-state index is 5.74. The first kappa shape index (κ1) is 16.0. The van der Waals surface area contributed by atoms with Crippen LogP contribution in [0.1, 0.15) is 84.5 Å². The zero-order chi connectivity index (χ0) is 13.1. The van der Waals surface area contributed by atoms with Crippen LogP contribution in [-0.4, -0.2) is 19.0 Å². The quantitative estimate of drug-likeness (QED) is 0.509. The van der Waals surface area contributed by atoms with E-state index < -0.39 is 0 Å². The lowest BCUT2D eigenvalue weighted by Crippen LogP contribution is -2.30.